The van der Waals surface area contributed by atoms with Crippen LogP contribution in [0.2, 0.25) is 0 Å². The number of carbonyl (C=O) groups is 1. The Hall–Kier alpha value is -2.57. The lowest BCUT2D eigenvalue weighted by Crippen LogP contribution is -2.35. The summed E-state index contributed by atoms with van der Waals surface area (Å²) in [5.41, 5.74) is 1.41. The van der Waals surface area contributed by atoms with Crippen LogP contribution in [0.5, 0.6) is 5.75 Å². The van der Waals surface area contributed by atoms with Crippen molar-refractivity contribution in [2.75, 3.05) is 6.54 Å². The number of nitrogens with one attached hydrogen (secondary N) is 1. The van der Waals surface area contributed by atoms with Gasteiger partial charge in [-0.2, -0.15) is 0 Å². The predicted molar refractivity (Wildman–Crippen MR) is 102 cm³/mol. The maximum atomic E-state index is 11.8. The molecule has 2 unspecified atom stereocenters. The molecule has 4 N–H and O–H groups in total. The van der Waals surface area contributed by atoms with Gasteiger partial charge in [0, 0.05) is 12.1 Å². The van der Waals surface area contributed by atoms with Crippen molar-refractivity contribution < 1.29 is 24.9 Å². The summed E-state index contributed by atoms with van der Waals surface area (Å²) in [6, 6.07) is 14.2. The zero-order valence-corrected chi connectivity index (χ0v) is 15.8. The van der Waals surface area contributed by atoms with Gasteiger partial charge in [0.2, 0.25) is 0 Å². The lowest BCUT2D eigenvalue weighted by molar-refractivity contribution is 0.0170. The molecule has 146 valence electrons. The van der Waals surface area contributed by atoms with Gasteiger partial charge in [0.25, 0.3) is 0 Å². The first kappa shape index (κ1) is 20.7. The molecule has 0 saturated heterocycles. The molecule has 1 amide bonds. The van der Waals surface area contributed by atoms with E-state index in [2.05, 4.69) is 5.32 Å². The molecular formula is C21H27NO5. The monoisotopic (exact) mass is 373 g/mol. The zero-order valence-electron chi connectivity index (χ0n) is 15.8. The number of amides is 1. The Balaban J connectivity index is 1.92. The lowest BCUT2D eigenvalue weighted by Gasteiger charge is -2.25. The van der Waals surface area contributed by atoms with Gasteiger partial charge in [-0.15, -0.1) is 0 Å². The average molecular weight is 373 g/mol. The molecule has 6 heteroatoms. The van der Waals surface area contributed by atoms with E-state index in [1.165, 1.54) is 0 Å². The zero-order chi connectivity index (χ0) is 20.0. The van der Waals surface area contributed by atoms with E-state index in [9.17, 15) is 20.1 Å². The average Bonchev–Trinajstić information content (AvgIpc) is 2.64. The first-order valence-corrected chi connectivity index (χ1v) is 8.83. The van der Waals surface area contributed by atoms with E-state index in [1.54, 1.807) is 18.2 Å². The summed E-state index contributed by atoms with van der Waals surface area (Å²) >= 11 is 0. The van der Waals surface area contributed by atoms with Crippen molar-refractivity contribution in [3.63, 3.8) is 0 Å². The molecule has 0 fully saturated rings. The molecular weight excluding hydrogens is 346 g/mol. The van der Waals surface area contributed by atoms with Gasteiger partial charge >= 0.3 is 6.09 Å². The number of ether oxygens (including phenoxy) is 1. The fourth-order valence-corrected chi connectivity index (χ4v) is 2.69. The second-order valence-corrected chi connectivity index (χ2v) is 7.45. The van der Waals surface area contributed by atoms with Crippen LogP contribution < -0.4 is 5.32 Å². The fraction of sp³-hybridized carbons (Fsp3) is 0.381. The van der Waals surface area contributed by atoms with E-state index < -0.39 is 18.3 Å². The number of phenolic OH excluding ortho intramolecular Hbond substituents is 1. The summed E-state index contributed by atoms with van der Waals surface area (Å²) in [4.78, 5) is 11.8. The maximum Gasteiger partial charge on any atom is 0.407 e. The van der Waals surface area contributed by atoms with Gasteiger partial charge in [-0.3, -0.25) is 0 Å². The number of para-hydroxylation sites is 1. The standard InChI is InChI=1S/C21H27NO5/c1-21(2,3)16-11-7-10-15(18(16)24)19(25)17(23)12-22-20(26)27-13-14-8-5-4-6-9-14/h4-11,17,19,23-25H,12-13H2,1-3H3,(H,22,26). The molecule has 2 aromatic carbocycles. The molecule has 2 rings (SSSR count). The van der Waals surface area contributed by atoms with Gasteiger partial charge in [-0.1, -0.05) is 69.3 Å². The van der Waals surface area contributed by atoms with Crippen molar-refractivity contribution in [1.82, 2.24) is 5.32 Å². The number of benzene rings is 2. The minimum Gasteiger partial charge on any atom is -0.507 e. The number of hydrogen-bond donors (Lipinski definition) is 4. The summed E-state index contributed by atoms with van der Waals surface area (Å²) in [6.45, 7) is 5.73. The Morgan fingerprint density at radius 3 is 2.37 bits per heavy atom. The van der Waals surface area contributed by atoms with E-state index in [-0.39, 0.29) is 29.9 Å². The van der Waals surface area contributed by atoms with Crippen LogP contribution in [0.3, 0.4) is 0 Å². The van der Waals surface area contributed by atoms with Gasteiger partial charge < -0.3 is 25.4 Å². The van der Waals surface area contributed by atoms with Crippen LogP contribution in [0.4, 0.5) is 4.79 Å². The van der Waals surface area contributed by atoms with Gasteiger partial charge in [0.1, 0.15) is 24.6 Å². The van der Waals surface area contributed by atoms with Crippen molar-refractivity contribution in [2.45, 2.75) is 45.0 Å². The highest BCUT2D eigenvalue weighted by Crippen LogP contribution is 2.36. The maximum absolute atomic E-state index is 11.8. The molecule has 2 aromatic rings. The van der Waals surface area contributed by atoms with Crippen LogP contribution in [0.1, 0.15) is 43.6 Å². The van der Waals surface area contributed by atoms with Crippen LogP contribution >= 0.6 is 0 Å². The lowest BCUT2D eigenvalue weighted by atomic mass is 9.84. The molecule has 0 saturated carbocycles. The topological polar surface area (TPSA) is 99.0 Å². The van der Waals surface area contributed by atoms with E-state index >= 15 is 0 Å². The summed E-state index contributed by atoms with van der Waals surface area (Å²) < 4.78 is 5.06. The number of carbonyl (C=O) groups excluding carboxylic acids is 1. The first-order valence-electron chi connectivity index (χ1n) is 8.83. The van der Waals surface area contributed by atoms with Crippen LogP contribution in [0, 0.1) is 0 Å². The van der Waals surface area contributed by atoms with Crippen molar-refractivity contribution in [1.29, 1.82) is 0 Å². The van der Waals surface area contributed by atoms with E-state index in [0.717, 1.165) is 5.56 Å². The number of hydrogen-bond acceptors (Lipinski definition) is 5. The van der Waals surface area contributed by atoms with E-state index in [0.29, 0.717) is 5.56 Å². The third kappa shape index (κ3) is 5.70. The molecule has 0 radical (unpaired) electrons. The van der Waals surface area contributed by atoms with Crippen LogP contribution in [0.15, 0.2) is 48.5 Å². The molecule has 27 heavy (non-hydrogen) atoms. The second kappa shape index (κ2) is 8.88. The Labute approximate surface area is 159 Å². The van der Waals surface area contributed by atoms with Crippen LogP contribution in [-0.4, -0.2) is 34.1 Å². The highest BCUT2D eigenvalue weighted by atomic mass is 16.5. The minimum absolute atomic E-state index is 0.0526. The highest BCUT2D eigenvalue weighted by molar-refractivity contribution is 5.67. The van der Waals surface area contributed by atoms with Crippen molar-refractivity contribution >= 4 is 6.09 Å². The quantitative estimate of drug-likeness (QED) is 0.624. The molecule has 2 atom stereocenters. The molecule has 0 aromatic heterocycles. The number of aliphatic hydroxyl groups excluding tert-OH is 2. The van der Waals surface area contributed by atoms with Gasteiger partial charge in [-0.25, -0.2) is 4.79 Å². The Bertz CT molecular complexity index is 755. The van der Waals surface area contributed by atoms with Gasteiger partial charge in [0.15, 0.2) is 0 Å². The van der Waals surface area contributed by atoms with E-state index in [4.69, 9.17) is 4.74 Å². The number of aliphatic hydroxyl groups is 2. The molecule has 0 bridgehead atoms. The first-order chi connectivity index (χ1) is 12.7. The Kier molecular flexibility index (Phi) is 6.82. The molecule has 0 aliphatic carbocycles. The van der Waals surface area contributed by atoms with Crippen molar-refractivity contribution in [2.24, 2.45) is 0 Å². The number of alkyl carbamates (subject to hydrolysis) is 1. The second-order valence-electron chi connectivity index (χ2n) is 7.45. The molecule has 0 aliphatic rings. The SMILES string of the molecule is CC(C)(C)c1cccc(C(O)C(O)CNC(=O)OCc2ccccc2)c1O. The van der Waals surface area contributed by atoms with Gasteiger partial charge in [0.05, 0.1) is 0 Å². The number of phenols is 1. The van der Waals surface area contributed by atoms with Crippen LogP contribution in [-0.2, 0) is 16.8 Å². The molecule has 0 heterocycles. The van der Waals surface area contributed by atoms with Gasteiger partial charge in [-0.05, 0) is 16.5 Å². The molecule has 0 aliphatic heterocycles. The van der Waals surface area contributed by atoms with Crippen LogP contribution in [0.25, 0.3) is 0 Å². The molecule has 0 spiro atoms. The molecule has 6 nitrogen and oxygen atoms in total. The summed E-state index contributed by atoms with van der Waals surface area (Å²) in [7, 11) is 0. The normalized spacial score (nSPS) is 13.7. The largest absolute Gasteiger partial charge is 0.507 e. The Morgan fingerprint density at radius 2 is 1.74 bits per heavy atom. The highest BCUT2D eigenvalue weighted by Gasteiger charge is 2.26. The summed E-state index contributed by atoms with van der Waals surface area (Å²) in [5.74, 6) is -0.0526. The van der Waals surface area contributed by atoms with Crippen molar-refractivity contribution in [3.8, 4) is 5.75 Å². The summed E-state index contributed by atoms with van der Waals surface area (Å²) in [6.07, 6.45) is -3.34. The van der Waals surface area contributed by atoms with Crippen molar-refractivity contribution in [3.05, 3.63) is 65.2 Å². The smallest absolute Gasteiger partial charge is 0.407 e. The Morgan fingerprint density at radius 1 is 1.07 bits per heavy atom. The van der Waals surface area contributed by atoms with E-state index in [1.807, 2.05) is 51.1 Å². The third-order valence-corrected chi connectivity index (χ3v) is 4.23. The predicted octanol–water partition coefficient (Wildman–Crippen LogP) is 3.01. The minimum atomic E-state index is -1.35. The number of rotatable bonds is 6. The third-order valence-electron chi connectivity index (χ3n) is 4.23. The fourth-order valence-electron chi connectivity index (χ4n) is 2.69. The number of aromatic hydroxyl groups is 1. The summed E-state index contributed by atoms with van der Waals surface area (Å²) in [5, 5.41) is 33.4.